The van der Waals surface area contributed by atoms with E-state index in [0.29, 0.717) is 0 Å². The second-order valence-corrected chi connectivity index (χ2v) is 14.0. The summed E-state index contributed by atoms with van der Waals surface area (Å²) >= 11 is 0. The van der Waals surface area contributed by atoms with Crippen LogP contribution >= 0.6 is 0 Å². The maximum atomic E-state index is 5.48. The number of likely N-dealkylation sites (N-methyl/N-ethyl adjacent to an activating group) is 4. The minimum atomic E-state index is -0.0158. The number of allylic oxidation sites excluding steroid dienone is 8. The van der Waals surface area contributed by atoms with Crippen LogP contribution in [0, 0.1) is 0 Å². The quantitative estimate of drug-likeness (QED) is 0.197. The van der Waals surface area contributed by atoms with Crippen LogP contribution in [0.1, 0.15) is 69.2 Å². The fourth-order valence-electron chi connectivity index (χ4n) is 8.07. The van der Waals surface area contributed by atoms with E-state index in [1.165, 1.54) is 0 Å². The molecule has 0 amide bonds. The number of fused-ring (bicyclic) bond motifs is 8. The number of hydrogen-bond acceptors (Lipinski definition) is 6. The molecule has 0 saturated carbocycles. The molecular weight excluding hydrogens is 641 g/mol. The first-order valence-electron chi connectivity index (χ1n) is 17.9. The van der Waals surface area contributed by atoms with Crippen LogP contribution in [0.15, 0.2) is 122 Å². The van der Waals surface area contributed by atoms with Crippen molar-refractivity contribution < 1.29 is 0 Å². The maximum Gasteiger partial charge on any atom is 0.0762 e. The molecule has 258 valence electrons. The number of aromatic nitrogens is 4. The Morgan fingerprint density at radius 1 is 0.385 bits per heavy atom. The van der Waals surface area contributed by atoms with Gasteiger partial charge in [0.1, 0.15) is 0 Å². The molecule has 9 rings (SSSR count). The van der Waals surface area contributed by atoms with Gasteiger partial charge in [0.2, 0.25) is 0 Å². The predicted octanol–water partition coefficient (Wildman–Crippen LogP) is 8.88. The molecule has 8 heteroatoms. The third-order valence-electron chi connectivity index (χ3n) is 10.8. The summed E-state index contributed by atoms with van der Waals surface area (Å²) in [6, 6.07) is 8.77. The van der Waals surface area contributed by atoms with Crippen molar-refractivity contribution >= 4 is 46.4 Å². The van der Waals surface area contributed by atoms with Crippen LogP contribution in [0.3, 0.4) is 0 Å². The average molecular weight is 683 g/mol. The number of nitrogens with zero attached hydrogens (tertiary/aromatic N) is 6. The van der Waals surface area contributed by atoms with Crippen molar-refractivity contribution in [1.29, 1.82) is 0 Å². The number of aromatic amines is 2. The second kappa shape index (κ2) is 12.8. The highest BCUT2D eigenvalue weighted by Gasteiger charge is 2.27. The Bertz CT molecular complexity index is 2100. The van der Waals surface area contributed by atoms with E-state index < -0.39 is 0 Å². The summed E-state index contributed by atoms with van der Waals surface area (Å²) in [5.74, 6) is 0. The zero-order valence-electron chi connectivity index (χ0n) is 29.8. The third-order valence-corrected chi connectivity index (χ3v) is 10.8. The van der Waals surface area contributed by atoms with Gasteiger partial charge in [0.25, 0.3) is 0 Å². The van der Waals surface area contributed by atoms with Gasteiger partial charge in [-0.25, -0.2) is 9.97 Å². The summed E-state index contributed by atoms with van der Waals surface area (Å²) < 4.78 is 0. The maximum absolute atomic E-state index is 5.48. The van der Waals surface area contributed by atoms with Crippen molar-refractivity contribution in [3.8, 4) is 0 Å². The highest BCUT2D eigenvalue weighted by Crippen LogP contribution is 2.39. The zero-order valence-corrected chi connectivity index (χ0v) is 29.8. The molecule has 0 fully saturated rings. The van der Waals surface area contributed by atoms with E-state index >= 15 is 0 Å². The summed E-state index contributed by atoms with van der Waals surface area (Å²) in [5.41, 5.74) is 12.3. The van der Waals surface area contributed by atoms with Gasteiger partial charge < -0.3 is 29.6 Å². The summed E-state index contributed by atoms with van der Waals surface area (Å²) in [6.07, 6.45) is 43.0. The van der Waals surface area contributed by atoms with Gasteiger partial charge >= 0.3 is 0 Å². The van der Waals surface area contributed by atoms with Crippen LogP contribution in [0.4, 0.5) is 0 Å². The molecule has 8 bridgehead atoms. The topological polar surface area (TPSA) is 70.3 Å². The van der Waals surface area contributed by atoms with Crippen LogP contribution in [0.5, 0.6) is 0 Å². The Morgan fingerprint density at radius 3 is 0.865 bits per heavy atom. The molecule has 8 nitrogen and oxygen atoms in total. The number of nitrogens with one attached hydrogen (secondary N) is 2. The molecule has 0 spiro atoms. The van der Waals surface area contributed by atoms with Crippen LogP contribution in [-0.2, 0) is 0 Å². The standard InChI is InChI=1S/C44H42N8/c1-49-25-9-5-13-37(49)41-29-17-19-31(45-29)42(38-14-6-10-26-50(38)2)33-21-23-35(47-33)44(40-16-8-12-28-52(40)4)36-24-22-34(48-36)43(32-20-18-30(41)46-32)39-15-7-11-27-51(39)3/h5-28,37-40,45,48H,1-4H3. The van der Waals surface area contributed by atoms with E-state index in [0.717, 1.165) is 67.1 Å². The molecular formula is C44H42N8. The van der Waals surface area contributed by atoms with Crippen LogP contribution in [0.2, 0.25) is 0 Å². The zero-order chi connectivity index (χ0) is 35.3. The Morgan fingerprint density at radius 2 is 0.635 bits per heavy atom. The lowest BCUT2D eigenvalue weighted by Gasteiger charge is -2.28. The van der Waals surface area contributed by atoms with Crippen molar-refractivity contribution in [2.24, 2.45) is 0 Å². The van der Waals surface area contributed by atoms with E-state index in [1.807, 2.05) is 0 Å². The van der Waals surface area contributed by atoms with Crippen molar-refractivity contribution in [3.05, 3.63) is 167 Å². The molecule has 3 aromatic rings. The first-order chi connectivity index (χ1) is 25.4. The molecule has 4 unspecified atom stereocenters. The smallest absolute Gasteiger partial charge is 0.0762 e. The number of hydrogen-bond donors (Lipinski definition) is 2. The normalized spacial score (nSPS) is 22.8. The molecule has 6 aliphatic rings. The van der Waals surface area contributed by atoms with Gasteiger partial charge in [-0.15, -0.1) is 0 Å². The minimum absolute atomic E-state index is 0.0158. The first kappa shape index (κ1) is 31.7. The minimum Gasteiger partial charge on any atom is -0.370 e. The number of H-pyrrole nitrogens is 2. The second-order valence-electron chi connectivity index (χ2n) is 14.0. The van der Waals surface area contributed by atoms with Crippen LogP contribution < -0.4 is 0 Å². The summed E-state index contributed by atoms with van der Waals surface area (Å²) in [5, 5.41) is 0. The van der Waals surface area contributed by atoms with Crippen molar-refractivity contribution in [1.82, 2.24) is 39.5 Å². The summed E-state index contributed by atoms with van der Waals surface area (Å²) in [4.78, 5) is 27.7. The lowest BCUT2D eigenvalue weighted by molar-refractivity contribution is 0.388. The van der Waals surface area contributed by atoms with Crippen molar-refractivity contribution in [3.63, 3.8) is 0 Å². The lowest BCUT2D eigenvalue weighted by atomic mass is 10.0. The highest BCUT2D eigenvalue weighted by atomic mass is 15.1. The molecule has 0 saturated heterocycles. The predicted molar refractivity (Wildman–Crippen MR) is 214 cm³/mol. The van der Waals surface area contributed by atoms with Gasteiger partial charge in [-0.1, -0.05) is 48.6 Å². The average Bonchev–Trinajstić information content (AvgIpc) is 3.99. The number of rotatable bonds is 4. The SMILES string of the molecule is CN1C=CC=CC1c1c2nc(c(C3C=CC=CN3C)c3ccc([nH]3)c(C3C=CC=CN3C)c3nc(c(C4C=CC=CN4C)c4ccc1[nH]4)C=C3)C=C2. The summed E-state index contributed by atoms with van der Waals surface area (Å²) in [7, 11) is 8.50. The van der Waals surface area contributed by atoms with E-state index in [4.69, 9.17) is 9.97 Å². The summed E-state index contributed by atoms with van der Waals surface area (Å²) in [6.45, 7) is 0. The lowest BCUT2D eigenvalue weighted by Crippen LogP contribution is -2.21. The molecule has 52 heavy (non-hydrogen) atoms. The molecule has 0 aromatic carbocycles. The fraction of sp³-hybridized carbons (Fsp3) is 0.182. The largest absolute Gasteiger partial charge is 0.370 e. The van der Waals surface area contributed by atoms with E-state index in [1.54, 1.807) is 0 Å². The monoisotopic (exact) mass is 682 g/mol. The molecule has 2 N–H and O–H groups in total. The Hall–Kier alpha value is -6.28. The van der Waals surface area contributed by atoms with Gasteiger partial charge in [0.05, 0.1) is 46.9 Å². The van der Waals surface area contributed by atoms with Crippen molar-refractivity contribution in [2.75, 3.05) is 28.2 Å². The molecule has 0 aliphatic carbocycles. The molecule has 9 heterocycles. The molecule has 0 radical (unpaired) electrons. The molecule has 4 atom stereocenters. The van der Waals surface area contributed by atoms with Gasteiger partial charge in [-0.3, -0.25) is 0 Å². The van der Waals surface area contributed by atoms with Gasteiger partial charge in [0, 0.05) is 72.5 Å². The van der Waals surface area contributed by atoms with Crippen LogP contribution in [-0.4, -0.2) is 67.7 Å². The third kappa shape index (κ3) is 5.39. The van der Waals surface area contributed by atoms with Gasteiger partial charge in [-0.2, -0.15) is 0 Å². The Kier molecular flexibility index (Phi) is 7.80. The molecule has 3 aromatic heterocycles. The Balaban J connectivity index is 1.43. The molecule has 6 aliphatic heterocycles. The van der Waals surface area contributed by atoms with Crippen molar-refractivity contribution in [2.45, 2.75) is 24.2 Å². The van der Waals surface area contributed by atoms with E-state index in [2.05, 4.69) is 204 Å². The van der Waals surface area contributed by atoms with Gasteiger partial charge in [-0.05, 0) is 97.7 Å². The first-order valence-corrected chi connectivity index (χ1v) is 17.9. The van der Waals surface area contributed by atoms with E-state index in [-0.39, 0.29) is 24.2 Å². The fourth-order valence-corrected chi connectivity index (χ4v) is 8.07. The highest BCUT2D eigenvalue weighted by molar-refractivity contribution is 5.85. The van der Waals surface area contributed by atoms with Crippen LogP contribution in [0.25, 0.3) is 46.4 Å². The van der Waals surface area contributed by atoms with E-state index in [9.17, 15) is 0 Å². The Labute approximate surface area is 304 Å². The van der Waals surface area contributed by atoms with Gasteiger partial charge in [0.15, 0.2) is 0 Å².